The molecule has 1 N–H and O–H groups in total. The average Bonchev–Trinajstić information content (AvgIpc) is 2.05. The van der Waals surface area contributed by atoms with E-state index >= 15 is 0 Å². The van der Waals surface area contributed by atoms with Gasteiger partial charge < -0.3 is 0 Å². The number of benzene rings is 1. The second kappa shape index (κ2) is 3.71. The number of ketones is 1. The Bertz CT molecular complexity index is 218. The van der Waals surface area contributed by atoms with Gasteiger partial charge in [-0.3, -0.25) is 4.79 Å². The van der Waals surface area contributed by atoms with Gasteiger partial charge in [0.2, 0.25) is 0 Å². The van der Waals surface area contributed by atoms with Crippen LogP contribution in [0.1, 0.15) is 5.56 Å². The van der Waals surface area contributed by atoms with Crippen molar-refractivity contribution in [1.29, 1.82) is 0 Å². The molecule has 0 radical (unpaired) electrons. The van der Waals surface area contributed by atoms with Crippen LogP contribution in [0.5, 0.6) is 0 Å². The molecule has 2 heteroatoms. The Morgan fingerprint density at radius 1 is 1.30 bits per heavy atom. The summed E-state index contributed by atoms with van der Waals surface area (Å²) in [6.07, 6.45) is 0. The molecule has 0 aliphatic heterocycles. The van der Waals surface area contributed by atoms with E-state index in [1.54, 1.807) is 0 Å². The summed E-state index contributed by atoms with van der Waals surface area (Å²) in [6, 6.07) is 9.56. The third-order valence-electron chi connectivity index (χ3n) is 1.23. The molecule has 0 aromatic heterocycles. The highest BCUT2D eigenvalue weighted by Gasteiger charge is 2.07. The van der Waals surface area contributed by atoms with Crippen molar-refractivity contribution in [2.75, 3.05) is 4.43 Å². The molecule has 0 aliphatic carbocycles. The van der Waals surface area contributed by atoms with Crippen LogP contribution in [0.3, 0.4) is 0 Å². The Kier molecular flexibility index (Phi) is 2.86. The minimum atomic E-state index is 0.446. The fraction of sp³-hybridized carbons (Fsp3) is 0.125. The highest BCUT2D eigenvalue weighted by molar-refractivity contribution is 14.1. The molecule has 0 amide bonds. The van der Waals surface area contributed by atoms with Crippen molar-refractivity contribution in [3.05, 3.63) is 35.9 Å². The quantitative estimate of drug-likeness (QED) is 0.330. The zero-order valence-corrected chi connectivity index (χ0v) is 7.58. The zero-order chi connectivity index (χ0) is 7.40. The van der Waals surface area contributed by atoms with Gasteiger partial charge in [0.25, 0.3) is 0 Å². The molecule has 0 unspecified atom stereocenters. The van der Waals surface area contributed by atoms with Gasteiger partial charge in [-0.25, -0.2) is 0 Å². The predicted octanol–water partition coefficient (Wildman–Crippen LogP) is 2.01. The summed E-state index contributed by atoms with van der Waals surface area (Å²) in [5, 5.41) is 0. The molecule has 0 fully saturated rings. The van der Waals surface area contributed by atoms with Gasteiger partial charge >= 0.3 is 5.78 Å². The molecule has 0 bridgehead atoms. The maximum Gasteiger partial charge on any atom is 0.333 e. The van der Waals surface area contributed by atoms with Crippen LogP contribution in [0.15, 0.2) is 30.3 Å². The summed E-state index contributed by atoms with van der Waals surface area (Å²) in [4.78, 5) is 9.24. The van der Waals surface area contributed by atoms with Crippen LogP contribution in [0.2, 0.25) is 0 Å². The average molecular weight is 247 g/mol. The van der Waals surface area contributed by atoms with Gasteiger partial charge in [0, 0.05) is 0 Å². The molecule has 1 aromatic rings. The smallest absolute Gasteiger partial charge is 0.277 e. The van der Waals surface area contributed by atoms with Crippen LogP contribution in [-0.2, 0) is 0 Å². The molecule has 10 heavy (non-hydrogen) atoms. The summed E-state index contributed by atoms with van der Waals surface area (Å²) < 4.78 is 0.668. The SMILES string of the molecule is [OH+]=C(CI)c1ccccc1. The molecule has 0 saturated heterocycles. The molecular formula is C8H8IO+. The van der Waals surface area contributed by atoms with Gasteiger partial charge in [-0.05, 0) is 12.1 Å². The van der Waals surface area contributed by atoms with Crippen LogP contribution in [0.4, 0.5) is 0 Å². The molecule has 1 nitrogen and oxygen atoms in total. The molecule has 0 spiro atoms. The highest BCUT2D eigenvalue weighted by atomic mass is 127. The van der Waals surface area contributed by atoms with E-state index < -0.39 is 0 Å². The third kappa shape index (κ3) is 1.80. The van der Waals surface area contributed by atoms with Gasteiger partial charge in [-0.1, -0.05) is 40.8 Å². The minimum Gasteiger partial charge on any atom is -0.277 e. The van der Waals surface area contributed by atoms with E-state index in [2.05, 4.69) is 22.6 Å². The topological polar surface area (TPSA) is 21.4 Å². The summed E-state index contributed by atoms with van der Waals surface area (Å²) in [5.74, 6) is 0.446. The first-order valence-corrected chi connectivity index (χ1v) is 4.53. The summed E-state index contributed by atoms with van der Waals surface area (Å²) >= 11 is 2.13. The number of hydrogen-bond acceptors (Lipinski definition) is 0. The van der Waals surface area contributed by atoms with Crippen molar-refractivity contribution in [3.8, 4) is 0 Å². The van der Waals surface area contributed by atoms with Gasteiger partial charge in [0.05, 0.1) is 5.56 Å². The number of alkyl halides is 1. The van der Waals surface area contributed by atoms with Crippen LogP contribution in [-0.4, -0.2) is 15.0 Å². The third-order valence-corrected chi connectivity index (χ3v) is 1.96. The fourth-order valence-electron chi connectivity index (χ4n) is 0.708. The van der Waals surface area contributed by atoms with E-state index in [9.17, 15) is 4.79 Å². The normalized spacial score (nSPS) is 9.30. The van der Waals surface area contributed by atoms with E-state index in [4.69, 9.17) is 0 Å². The van der Waals surface area contributed by atoms with E-state index in [1.807, 2.05) is 30.3 Å². The number of carbonyl (C=O) groups excluding carboxylic acids is 1. The molecule has 1 aromatic carbocycles. The molecular weight excluding hydrogens is 239 g/mol. The van der Waals surface area contributed by atoms with Crippen LogP contribution in [0, 0.1) is 0 Å². The number of hydrogen-bond donors (Lipinski definition) is 0. The van der Waals surface area contributed by atoms with E-state index in [0.717, 1.165) is 5.56 Å². The van der Waals surface area contributed by atoms with Gasteiger partial charge in [0.15, 0.2) is 0 Å². The molecule has 52 valence electrons. The van der Waals surface area contributed by atoms with Crippen LogP contribution >= 0.6 is 22.6 Å². The lowest BCUT2D eigenvalue weighted by Gasteiger charge is -1.87. The molecule has 0 aliphatic rings. The van der Waals surface area contributed by atoms with Crippen molar-refractivity contribution in [3.63, 3.8) is 0 Å². The lowest BCUT2D eigenvalue weighted by Crippen LogP contribution is -2.00. The van der Waals surface area contributed by atoms with Gasteiger partial charge in [-0.15, -0.1) is 0 Å². The first-order chi connectivity index (χ1) is 4.84. The lowest BCUT2D eigenvalue weighted by atomic mass is 10.2. The predicted molar refractivity (Wildman–Crippen MR) is 51.4 cm³/mol. The molecule has 1 rings (SSSR count). The first kappa shape index (κ1) is 7.72. The monoisotopic (exact) mass is 247 g/mol. The number of rotatable bonds is 2. The van der Waals surface area contributed by atoms with Crippen molar-refractivity contribution in [2.24, 2.45) is 0 Å². The Morgan fingerprint density at radius 2 is 1.90 bits per heavy atom. The fourth-order valence-corrected chi connectivity index (χ4v) is 1.15. The van der Waals surface area contributed by atoms with E-state index in [-0.39, 0.29) is 0 Å². The highest BCUT2D eigenvalue weighted by Crippen LogP contribution is 2.00. The maximum absolute atomic E-state index is 9.24. The maximum atomic E-state index is 9.24. The van der Waals surface area contributed by atoms with Crippen molar-refractivity contribution >= 4 is 28.4 Å². The van der Waals surface area contributed by atoms with Gasteiger partial charge in [0.1, 0.15) is 4.43 Å². The van der Waals surface area contributed by atoms with Crippen LogP contribution < -0.4 is 0 Å². The molecule has 0 atom stereocenters. The Balaban J connectivity index is 2.85. The summed E-state index contributed by atoms with van der Waals surface area (Å²) in [6.45, 7) is 0. The largest absolute Gasteiger partial charge is 0.333 e. The summed E-state index contributed by atoms with van der Waals surface area (Å²) in [7, 11) is 0. The van der Waals surface area contributed by atoms with Crippen LogP contribution in [0.25, 0.3) is 0 Å². The first-order valence-electron chi connectivity index (χ1n) is 3.01. The standard InChI is InChI=1S/C8H7IO/c9-6-8(10)7-4-2-1-3-5-7/h1-5H,6H2/p+1. The number of halogens is 1. The van der Waals surface area contributed by atoms with Crippen molar-refractivity contribution < 1.29 is 4.79 Å². The Hall–Kier alpha value is -0.380. The molecule has 0 saturated carbocycles. The lowest BCUT2D eigenvalue weighted by molar-refractivity contribution is 0.677. The zero-order valence-electron chi connectivity index (χ0n) is 5.42. The summed E-state index contributed by atoms with van der Waals surface area (Å²) in [5.41, 5.74) is 0.914. The molecule has 0 heterocycles. The van der Waals surface area contributed by atoms with Crippen molar-refractivity contribution in [1.82, 2.24) is 0 Å². The minimum absolute atomic E-state index is 0.446. The second-order valence-corrected chi connectivity index (χ2v) is 2.71. The van der Waals surface area contributed by atoms with Gasteiger partial charge in [-0.2, -0.15) is 0 Å². The van der Waals surface area contributed by atoms with E-state index in [0.29, 0.717) is 10.2 Å². The Morgan fingerprint density at radius 3 is 2.40 bits per heavy atom. The van der Waals surface area contributed by atoms with Crippen molar-refractivity contribution in [2.45, 2.75) is 0 Å². The Labute approximate surface area is 73.6 Å². The second-order valence-electron chi connectivity index (χ2n) is 1.95. The van der Waals surface area contributed by atoms with E-state index in [1.165, 1.54) is 0 Å².